The summed E-state index contributed by atoms with van der Waals surface area (Å²) in [5, 5.41) is 11.3. The summed E-state index contributed by atoms with van der Waals surface area (Å²) in [7, 11) is 0. The van der Waals surface area contributed by atoms with Crippen molar-refractivity contribution in [1.29, 1.82) is 0 Å². The first-order chi connectivity index (χ1) is 13.1. The molecule has 3 aromatic carbocycles. The van der Waals surface area contributed by atoms with Crippen LogP contribution in [0.25, 0.3) is 10.8 Å². The number of fused-ring (bicyclic) bond motifs is 1. The smallest absolute Gasteiger partial charge is 0.338 e. The third-order valence-corrected chi connectivity index (χ3v) is 5.44. The molecule has 1 saturated carbocycles. The molecule has 0 heterocycles. The SMILES string of the molecule is O=C(OC[C@H]1C[C@@H](C(=O)O)C1c1ccccc1)c1cccc2ccccc12. The molecule has 4 heteroatoms. The Bertz CT molecular complexity index is 975. The second kappa shape index (κ2) is 7.23. The molecule has 27 heavy (non-hydrogen) atoms. The van der Waals surface area contributed by atoms with Gasteiger partial charge in [-0.3, -0.25) is 4.79 Å². The van der Waals surface area contributed by atoms with Crippen molar-refractivity contribution >= 4 is 22.7 Å². The van der Waals surface area contributed by atoms with E-state index in [4.69, 9.17) is 4.74 Å². The maximum Gasteiger partial charge on any atom is 0.338 e. The molecule has 0 aliphatic heterocycles. The van der Waals surface area contributed by atoms with Gasteiger partial charge in [0.1, 0.15) is 0 Å². The van der Waals surface area contributed by atoms with Crippen molar-refractivity contribution in [2.75, 3.05) is 6.61 Å². The van der Waals surface area contributed by atoms with Gasteiger partial charge in [-0.15, -0.1) is 0 Å². The van der Waals surface area contributed by atoms with Gasteiger partial charge in [-0.05, 0) is 28.8 Å². The van der Waals surface area contributed by atoms with E-state index in [0.29, 0.717) is 12.0 Å². The van der Waals surface area contributed by atoms with Crippen molar-refractivity contribution in [2.45, 2.75) is 12.3 Å². The van der Waals surface area contributed by atoms with Gasteiger partial charge in [0.05, 0.1) is 18.1 Å². The summed E-state index contributed by atoms with van der Waals surface area (Å²) in [6, 6.07) is 22.9. The lowest BCUT2D eigenvalue weighted by Gasteiger charge is -2.42. The van der Waals surface area contributed by atoms with E-state index in [-0.39, 0.29) is 24.4 Å². The van der Waals surface area contributed by atoms with Crippen LogP contribution in [0.15, 0.2) is 72.8 Å². The van der Waals surface area contributed by atoms with Crippen molar-refractivity contribution in [1.82, 2.24) is 0 Å². The standard InChI is InChI=1S/C23H20O4/c24-22(25)20-13-17(21(20)16-8-2-1-3-9-16)14-27-23(26)19-12-6-10-15-7-4-5-11-18(15)19/h1-12,17,20-21H,13-14H2,(H,24,25)/t17-,20-,21?/m1/s1. The topological polar surface area (TPSA) is 63.6 Å². The van der Waals surface area contributed by atoms with Crippen LogP contribution < -0.4 is 0 Å². The van der Waals surface area contributed by atoms with E-state index in [0.717, 1.165) is 16.3 Å². The highest BCUT2D eigenvalue weighted by Crippen LogP contribution is 2.48. The molecule has 0 saturated heterocycles. The highest BCUT2D eigenvalue weighted by molar-refractivity contribution is 6.04. The molecule has 4 nitrogen and oxygen atoms in total. The van der Waals surface area contributed by atoms with Crippen molar-refractivity contribution in [2.24, 2.45) is 11.8 Å². The molecule has 0 aromatic heterocycles. The van der Waals surface area contributed by atoms with Gasteiger partial charge in [0.25, 0.3) is 0 Å². The van der Waals surface area contributed by atoms with Gasteiger partial charge in [0.15, 0.2) is 0 Å². The molecule has 1 unspecified atom stereocenters. The summed E-state index contributed by atoms with van der Waals surface area (Å²) in [6.45, 7) is 0.228. The van der Waals surface area contributed by atoms with Gasteiger partial charge in [-0.2, -0.15) is 0 Å². The van der Waals surface area contributed by atoms with Crippen molar-refractivity contribution < 1.29 is 19.4 Å². The van der Waals surface area contributed by atoms with Crippen LogP contribution in [-0.4, -0.2) is 23.7 Å². The monoisotopic (exact) mass is 360 g/mol. The number of esters is 1. The zero-order valence-electron chi connectivity index (χ0n) is 14.7. The van der Waals surface area contributed by atoms with Crippen LogP contribution in [-0.2, 0) is 9.53 Å². The number of carbonyl (C=O) groups excluding carboxylic acids is 1. The Labute approximate surface area is 157 Å². The predicted octanol–water partition coefficient (Wildman–Crippen LogP) is 4.50. The van der Waals surface area contributed by atoms with Crippen LogP contribution in [0.3, 0.4) is 0 Å². The first-order valence-corrected chi connectivity index (χ1v) is 9.08. The number of carbonyl (C=O) groups is 2. The Morgan fingerprint density at radius 2 is 1.63 bits per heavy atom. The minimum Gasteiger partial charge on any atom is -0.481 e. The van der Waals surface area contributed by atoms with Crippen LogP contribution in [0.1, 0.15) is 28.3 Å². The number of hydrogen-bond acceptors (Lipinski definition) is 3. The van der Waals surface area contributed by atoms with Crippen LogP contribution in [0.4, 0.5) is 0 Å². The number of rotatable bonds is 5. The molecule has 0 amide bonds. The van der Waals surface area contributed by atoms with E-state index in [2.05, 4.69) is 0 Å². The number of carboxylic acid groups (broad SMARTS) is 1. The summed E-state index contributed by atoms with van der Waals surface area (Å²) in [6.07, 6.45) is 0.526. The Morgan fingerprint density at radius 1 is 0.926 bits per heavy atom. The maximum atomic E-state index is 12.6. The highest BCUT2D eigenvalue weighted by atomic mass is 16.5. The summed E-state index contributed by atoms with van der Waals surface area (Å²) in [5.74, 6) is -1.68. The third kappa shape index (κ3) is 3.31. The quantitative estimate of drug-likeness (QED) is 0.681. The Hall–Kier alpha value is -3.14. The Morgan fingerprint density at radius 3 is 2.41 bits per heavy atom. The maximum absolute atomic E-state index is 12.6. The molecule has 1 aliphatic carbocycles. The third-order valence-electron chi connectivity index (χ3n) is 5.44. The number of aliphatic carboxylic acids is 1. The van der Waals surface area contributed by atoms with Gasteiger partial charge in [0.2, 0.25) is 0 Å². The lowest BCUT2D eigenvalue weighted by Crippen LogP contribution is -2.42. The number of hydrogen-bond donors (Lipinski definition) is 1. The predicted molar refractivity (Wildman–Crippen MR) is 103 cm³/mol. The minimum absolute atomic E-state index is 0.0208. The fourth-order valence-electron chi connectivity index (χ4n) is 4.02. The summed E-state index contributed by atoms with van der Waals surface area (Å²) in [4.78, 5) is 24.1. The lowest BCUT2D eigenvalue weighted by atomic mass is 9.62. The molecular formula is C23H20O4. The first kappa shape index (κ1) is 17.3. The van der Waals surface area contributed by atoms with E-state index >= 15 is 0 Å². The Kier molecular flexibility index (Phi) is 4.63. The van der Waals surface area contributed by atoms with Crippen molar-refractivity contribution in [3.8, 4) is 0 Å². The number of ether oxygens (including phenoxy) is 1. The van der Waals surface area contributed by atoms with Gasteiger partial charge < -0.3 is 9.84 Å². The summed E-state index contributed by atoms with van der Waals surface area (Å²) < 4.78 is 5.59. The highest BCUT2D eigenvalue weighted by Gasteiger charge is 2.46. The average molecular weight is 360 g/mol. The fourth-order valence-corrected chi connectivity index (χ4v) is 4.02. The van der Waals surface area contributed by atoms with Gasteiger partial charge in [-0.25, -0.2) is 4.79 Å². The molecular weight excluding hydrogens is 340 g/mol. The molecule has 0 bridgehead atoms. The van der Waals surface area contributed by atoms with Crippen LogP contribution in [0, 0.1) is 11.8 Å². The molecule has 3 atom stereocenters. The zero-order chi connectivity index (χ0) is 18.8. The second-order valence-electron chi connectivity index (χ2n) is 7.00. The minimum atomic E-state index is -0.791. The number of carboxylic acids is 1. The summed E-state index contributed by atoms with van der Waals surface area (Å²) in [5.41, 5.74) is 1.53. The van der Waals surface area contributed by atoms with E-state index < -0.39 is 11.9 Å². The van der Waals surface area contributed by atoms with Crippen LogP contribution in [0.2, 0.25) is 0 Å². The largest absolute Gasteiger partial charge is 0.481 e. The molecule has 0 radical (unpaired) electrons. The van der Waals surface area contributed by atoms with Gasteiger partial charge in [-0.1, -0.05) is 66.7 Å². The zero-order valence-corrected chi connectivity index (χ0v) is 14.7. The molecule has 1 N–H and O–H groups in total. The van der Waals surface area contributed by atoms with E-state index in [1.54, 1.807) is 6.07 Å². The lowest BCUT2D eigenvalue weighted by molar-refractivity contribution is -0.148. The molecule has 3 aromatic rings. The Balaban J connectivity index is 1.49. The average Bonchev–Trinajstić information content (AvgIpc) is 2.67. The normalized spacial score (nSPS) is 21.4. The van der Waals surface area contributed by atoms with E-state index in [9.17, 15) is 14.7 Å². The van der Waals surface area contributed by atoms with Crippen molar-refractivity contribution in [3.05, 3.63) is 83.9 Å². The number of benzene rings is 3. The first-order valence-electron chi connectivity index (χ1n) is 9.08. The summed E-state index contributed by atoms with van der Waals surface area (Å²) >= 11 is 0. The fraction of sp³-hybridized carbons (Fsp3) is 0.217. The second-order valence-corrected chi connectivity index (χ2v) is 7.00. The van der Waals surface area contributed by atoms with Gasteiger partial charge >= 0.3 is 11.9 Å². The molecule has 1 aliphatic rings. The van der Waals surface area contributed by atoms with E-state index in [1.807, 2.05) is 66.7 Å². The van der Waals surface area contributed by atoms with Gasteiger partial charge in [0, 0.05) is 11.8 Å². The molecule has 4 rings (SSSR count). The van der Waals surface area contributed by atoms with Crippen LogP contribution >= 0.6 is 0 Å². The molecule has 1 fully saturated rings. The molecule has 136 valence electrons. The molecule has 0 spiro atoms. The van der Waals surface area contributed by atoms with Crippen molar-refractivity contribution in [3.63, 3.8) is 0 Å². The van der Waals surface area contributed by atoms with E-state index in [1.165, 1.54) is 0 Å². The van der Waals surface area contributed by atoms with Crippen LogP contribution in [0.5, 0.6) is 0 Å².